The molecular weight excluding hydrogens is 226 g/mol. The van der Waals surface area contributed by atoms with Crippen molar-refractivity contribution < 1.29 is 4.74 Å². The number of nitrogen functional groups attached to an aromatic ring is 1. The van der Waals surface area contributed by atoms with E-state index in [1.807, 2.05) is 38.1 Å². The van der Waals surface area contributed by atoms with Gasteiger partial charge in [-0.2, -0.15) is 4.98 Å². The number of aromatic nitrogens is 2. The van der Waals surface area contributed by atoms with Gasteiger partial charge in [0.15, 0.2) is 0 Å². The molecule has 0 spiro atoms. The fourth-order valence-corrected chi connectivity index (χ4v) is 1.73. The second-order valence-electron chi connectivity index (χ2n) is 4.23. The summed E-state index contributed by atoms with van der Waals surface area (Å²) in [4.78, 5) is 8.60. The van der Waals surface area contributed by atoms with Crippen LogP contribution in [0.1, 0.15) is 24.0 Å². The average Bonchev–Trinajstić information content (AvgIpc) is 2.32. The van der Waals surface area contributed by atoms with Crippen LogP contribution in [0, 0.1) is 13.8 Å². The third-order valence-corrected chi connectivity index (χ3v) is 2.64. The van der Waals surface area contributed by atoms with Gasteiger partial charge in [-0.1, -0.05) is 6.92 Å². The van der Waals surface area contributed by atoms with Crippen molar-refractivity contribution in [2.24, 2.45) is 0 Å². The Bertz CT molecular complexity index is 567. The molecule has 0 fully saturated rings. The summed E-state index contributed by atoms with van der Waals surface area (Å²) in [7, 11) is 0. The van der Waals surface area contributed by atoms with Crippen molar-refractivity contribution in [1.82, 2.24) is 9.97 Å². The van der Waals surface area contributed by atoms with Crippen LogP contribution < -0.4 is 10.5 Å². The molecule has 0 aliphatic carbocycles. The van der Waals surface area contributed by atoms with Crippen LogP contribution >= 0.6 is 0 Å². The van der Waals surface area contributed by atoms with Crippen molar-refractivity contribution in [2.45, 2.75) is 27.2 Å². The second kappa shape index (κ2) is 5.04. The predicted octanol–water partition coefficient (Wildman–Crippen LogP) is 3.03. The fraction of sp³-hybridized carbons (Fsp3) is 0.286. The molecule has 0 amide bonds. The highest BCUT2D eigenvalue weighted by Gasteiger charge is 2.05. The normalized spacial score (nSPS) is 10.4. The molecule has 4 heteroatoms. The number of nitrogens with zero attached hydrogens (tertiary/aromatic N) is 2. The number of anilines is 1. The molecular formula is C14H17N3O. The van der Waals surface area contributed by atoms with Crippen molar-refractivity contribution in [3.63, 3.8) is 0 Å². The number of rotatable bonds is 3. The van der Waals surface area contributed by atoms with E-state index in [2.05, 4.69) is 16.9 Å². The summed E-state index contributed by atoms with van der Waals surface area (Å²) in [6.45, 7) is 5.88. The van der Waals surface area contributed by atoms with E-state index in [4.69, 9.17) is 10.5 Å². The van der Waals surface area contributed by atoms with Gasteiger partial charge in [-0.3, -0.25) is 0 Å². The zero-order valence-corrected chi connectivity index (χ0v) is 10.9. The molecule has 2 aromatic rings. The molecule has 1 heterocycles. The minimum atomic E-state index is 0.576. The van der Waals surface area contributed by atoms with Crippen molar-refractivity contribution in [1.29, 1.82) is 0 Å². The Morgan fingerprint density at radius 3 is 2.61 bits per heavy atom. The third-order valence-electron chi connectivity index (χ3n) is 2.64. The SMILES string of the molecule is CCc1cc(Oc2ccc(N)cc2C)nc(C)n1. The van der Waals surface area contributed by atoms with E-state index in [-0.39, 0.29) is 0 Å². The highest BCUT2D eigenvalue weighted by Crippen LogP contribution is 2.25. The maximum atomic E-state index is 5.78. The first kappa shape index (κ1) is 12.4. The van der Waals surface area contributed by atoms with E-state index in [0.717, 1.165) is 34.9 Å². The maximum absolute atomic E-state index is 5.78. The Kier molecular flexibility index (Phi) is 3.46. The van der Waals surface area contributed by atoms with E-state index in [1.54, 1.807) is 0 Å². The lowest BCUT2D eigenvalue weighted by atomic mass is 10.2. The van der Waals surface area contributed by atoms with Crippen LogP contribution in [0.2, 0.25) is 0 Å². The van der Waals surface area contributed by atoms with Crippen molar-refractivity contribution in [2.75, 3.05) is 5.73 Å². The topological polar surface area (TPSA) is 61.0 Å². The first-order valence-corrected chi connectivity index (χ1v) is 5.97. The highest BCUT2D eigenvalue weighted by atomic mass is 16.5. The zero-order valence-electron chi connectivity index (χ0n) is 10.9. The van der Waals surface area contributed by atoms with Gasteiger partial charge in [0.2, 0.25) is 5.88 Å². The third kappa shape index (κ3) is 2.77. The van der Waals surface area contributed by atoms with Gasteiger partial charge in [0.05, 0.1) is 0 Å². The fourth-order valence-electron chi connectivity index (χ4n) is 1.73. The minimum Gasteiger partial charge on any atom is -0.439 e. The van der Waals surface area contributed by atoms with Crippen LogP contribution in [-0.4, -0.2) is 9.97 Å². The average molecular weight is 243 g/mol. The summed E-state index contributed by atoms with van der Waals surface area (Å²) in [6.07, 6.45) is 0.862. The molecule has 2 rings (SSSR count). The van der Waals surface area contributed by atoms with Gasteiger partial charge in [0, 0.05) is 17.4 Å². The molecule has 0 saturated carbocycles. The summed E-state index contributed by atoms with van der Waals surface area (Å²) >= 11 is 0. The molecule has 0 aliphatic rings. The molecule has 2 N–H and O–H groups in total. The first-order valence-electron chi connectivity index (χ1n) is 5.97. The smallest absolute Gasteiger partial charge is 0.222 e. The number of aryl methyl sites for hydroxylation is 3. The van der Waals surface area contributed by atoms with Crippen molar-refractivity contribution in [3.8, 4) is 11.6 Å². The molecule has 0 unspecified atom stereocenters. The molecule has 18 heavy (non-hydrogen) atoms. The summed E-state index contributed by atoms with van der Waals surface area (Å²) in [5.41, 5.74) is 8.41. The van der Waals surface area contributed by atoms with Crippen LogP contribution in [0.5, 0.6) is 11.6 Å². The maximum Gasteiger partial charge on any atom is 0.222 e. The molecule has 0 saturated heterocycles. The molecule has 0 radical (unpaired) electrons. The molecule has 0 atom stereocenters. The van der Waals surface area contributed by atoms with Gasteiger partial charge < -0.3 is 10.5 Å². The largest absolute Gasteiger partial charge is 0.439 e. The lowest BCUT2D eigenvalue weighted by Gasteiger charge is -2.09. The predicted molar refractivity (Wildman–Crippen MR) is 71.8 cm³/mol. The number of ether oxygens (including phenoxy) is 1. The highest BCUT2D eigenvalue weighted by molar-refractivity contribution is 5.48. The van der Waals surface area contributed by atoms with Crippen LogP contribution in [0.15, 0.2) is 24.3 Å². The van der Waals surface area contributed by atoms with Crippen molar-refractivity contribution >= 4 is 5.69 Å². The van der Waals surface area contributed by atoms with E-state index in [9.17, 15) is 0 Å². The Hall–Kier alpha value is -2.10. The molecule has 0 bridgehead atoms. The van der Waals surface area contributed by atoms with Crippen LogP contribution in [0.3, 0.4) is 0 Å². The standard InChI is InChI=1S/C14H17N3O/c1-4-12-8-14(17-10(3)16-12)18-13-6-5-11(15)7-9(13)2/h5-8H,4,15H2,1-3H3. The van der Waals surface area contributed by atoms with Gasteiger partial charge in [-0.15, -0.1) is 0 Å². The van der Waals surface area contributed by atoms with Gasteiger partial charge in [0.25, 0.3) is 0 Å². The second-order valence-corrected chi connectivity index (χ2v) is 4.23. The summed E-state index contributed by atoms with van der Waals surface area (Å²) < 4.78 is 5.78. The van der Waals surface area contributed by atoms with Crippen LogP contribution in [0.25, 0.3) is 0 Å². The van der Waals surface area contributed by atoms with E-state index < -0.39 is 0 Å². The number of hydrogen-bond acceptors (Lipinski definition) is 4. The monoisotopic (exact) mass is 243 g/mol. The van der Waals surface area contributed by atoms with Crippen molar-refractivity contribution in [3.05, 3.63) is 41.3 Å². The van der Waals surface area contributed by atoms with Gasteiger partial charge in [0.1, 0.15) is 11.6 Å². The number of nitrogens with two attached hydrogens (primary N) is 1. The van der Waals surface area contributed by atoms with Gasteiger partial charge in [-0.05, 0) is 44.0 Å². The quantitative estimate of drug-likeness (QED) is 0.842. The lowest BCUT2D eigenvalue weighted by molar-refractivity contribution is 0.455. The summed E-state index contributed by atoms with van der Waals surface area (Å²) in [5, 5.41) is 0. The van der Waals surface area contributed by atoms with Crippen LogP contribution in [-0.2, 0) is 6.42 Å². The van der Waals surface area contributed by atoms with Crippen LogP contribution in [0.4, 0.5) is 5.69 Å². The van der Waals surface area contributed by atoms with Gasteiger partial charge in [-0.25, -0.2) is 4.98 Å². The number of benzene rings is 1. The van der Waals surface area contributed by atoms with E-state index in [1.165, 1.54) is 0 Å². The summed E-state index contributed by atoms with van der Waals surface area (Å²) in [5.74, 6) is 2.06. The molecule has 4 nitrogen and oxygen atoms in total. The molecule has 1 aromatic carbocycles. The molecule has 1 aromatic heterocycles. The number of hydrogen-bond donors (Lipinski definition) is 1. The Morgan fingerprint density at radius 2 is 1.94 bits per heavy atom. The first-order chi connectivity index (χ1) is 8.58. The van der Waals surface area contributed by atoms with E-state index >= 15 is 0 Å². The Morgan fingerprint density at radius 1 is 1.17 bits per heavy atom. The molecule has 94 valence electrons. The molecule has 0 aliphatic heterocycles. The Labute approximate surface area is 107 Å². The van der Waals surface area contributed by atoms with E-state index in [0.29, 0.717) is 5.88 Å². The summed E-state index contributed by atoms with van der Waals surface area (Å²) in [6, 6.07) is 7.41. The zero-order chi connectivity index (χ0) is 13.1. The Balaban J connectivity index is 2.30. The lowest BCUT2D eigenvalue weighted by Crippen LogP contribution is -1.98. The van der Waals surface area contributed by atoms with Gasteiger partial charge >= 0.3 is 0 Å². The minimum absolute atomic E-state index is 0.576.